The Hall–Kier alpha value is -1.96. The summed E-state index contributed by atoms with van der Waals surface area (Å²) in [5, 5.41) is 2.87. The number of esters is 2. The third-order valence-electron chi connectivity index (χ3n) is 4.31. The molecule has 1 aliphatic heterocycles. The zero-order valence-corrected chi connectivity index (χ0v) is 17.4. The fraction of sp³-hybridized carbons (Fsp3) is 0.524. The number of nitrogens with one attached hydrogen (secondary N) is 1. The molecule has 1 heterocycles. The van der Waals surface area contributed by atoms with Gasteiger partial charge in [0.2, 0.25) is 0 Å². The van der Waals surface area contributed by atoms with Crippen LogP contribution in [0.5, 0.6) is 0 Å². The molecule has 1 aromatic carbocycles. The van der Waals surface area contributed by atoms with Crippen LogP contribution in [0, 0.1) is 0 Å². The van der Waals surface area contributed by atoms with E-state index in [9.17, 15) is 14.0 Å². The minimum absolute atomic E-state index is 0. The van der Waals surface area contributed by atoms with Gasteiger partial charge in [0.25, 0.3) is 0 Å². The number of hydrogen-bond donors (Lipinski definition) is 1. The molecule has 1 aliphatic rings. The molecule has 2 atom stereocenters. The average Bonchev–Trinajstić information content (AvgIpc) is 3.09. The van der Waals surface area contributed by atoms with Gasteiger partial charge in [0.1, 0.15) is 18.3 Å². The maximum atomic E-state index is 14.8. The highest BCUT2D eigenvalue weighted by molar-refractivity contribution is 5.85. The van der Waals surface area contributed by atoms with Crippen LogP contribution in [0.15, 0.2) is 42.5 Å². The summed E-state index contributed by atoms with van der Waals surface area (Å²) >= 11 is 0. The molecular formula is C21H29ClFNO5. The van der Waals surface area contributed by atoms with Crippen molar-refractivity contribution in [2.75, 3.05) is 26.4 Å². The van der Waals surface area contributed by atoms with E-state index in [0.29, 0.717) is 19.4 Å². The number of allylic oxidation sites excluding steroid dienone is 1. The number of rotatable bonds is 11. The van der Waals surface area contributed by atoms with Gasteiger partial charge in [0.15, 0.2) is 0 Å². The first-order chi connectivity index (χ1) is 13.5. The number of ether oxygens (including phenoxy) is 3. The van der Waals surface area contributed by atoms with E-state index in [0.717, 1.165) is 5.56 Å². The first-order valence-electron chi connectivity index (χ1n) is 9.53. The summed E-state index contributed by atoms with van der Waals surface area (Å²) in [5.41, 5.74) is -0.715. The molecule has 0 radical (unpaired) electrons. The number of carbonyl (C=O) groups excluding carboxylic acids is 2. The first kappa shape index (κ1) is 25.1. The molecule has 0 bridgehead atoms. The number of benzene rings is 1. The lowest BCUT2D eigenvalue weighted by atomic mass is 10.0. The molecule has 29 heavy (non-hydrogen) atoms. The van der Waals surface area contributed by atoms with Gasteiger partial charge in [-0.25, -0.2) is 4.39 Å². The number of alkyl halides is 1. The van der Waals surface area contributed by atoms with Crippen molar-refractivity contribution >= 4 is 24.3 Å². The quantitative estimate of drug-likeness (QED) is 0.331. The predicted molar refractivity (Wildman–Crippen MR) is 110 cm³/mol. The van der Waals surface area contributed by atoms with Crippen LogP contribution < -0.4 is 5.32 Å². The summed E-state index contributed by atoms with van der Waals surface area (Å²) in [6, 6.07) is 8.68. The first-order valence-corrected chi connectivity index (χ1v) is 9.53. The minimum Gasteiger partial charge on any atom is -0.466 e. The van der Waals surface area contributed by atoms with Crippen molar-refractivity contribution in [3.05, 3.63) is 48.0 Å². The third kappa shape index (κ3) is 9.39. The lowest BCUT2D eigenvalue weighted by molar-refractivity contribution is -0.147. The van der Waals surface area contributed by atoms with Crippen molar-refractivity contribution in [3.63, 3.8) is 0 Å². The lowest BCUT2D eigenvalue weighted by Crippen LogP contribution is -2.32. The van der Waals surface area contributed by atoms with Crippen LogP contribution in [-0.4, -0.2) is 50.0 Å². The van der Waals surface area contributed by atoms with E-state index in [1.54, 1.807) is 19.1 Å². The van der Waals surface area contributed by atoms with Gasteiger partial charge in [0, 0.05) is 19.4 Å². The molecule has 1 aromatic rings. The normalized spacial score (nSPS) is 21.0. The number of hydrogen-bond acceptors (Lipinski definition) is 6. The SMILES string of the molecule is CCOC(=O)CC/C=C/COC[C@]1(F)CN[C@H](C(=O)OCc2ccccc2)C1.Cl. The summed E-state index contributed by atoms with van der Waals surface area (Å²) in [7, 11) is 0. The molecule has 0 spiro atoms. The van der Waals surface area contributed by atoms with Gasteiger partial charge in [-0.2, -0.15) is 0 Å². The molecule has 1 fully saturated rings. The van der Waals surface area contributed by atoms with Gasteiger partial charge < -0.3 is 19.5 Å². The lowest BCUT2D eigenvalue weighted by Gasteiger charge is -2.17. The zero-order valence-electron chi connectivity index (χ0n) is 16.6. The Balaban J connectivity index is 0.00000420. The highest BCUT2D eigenvalue weighted by atomic mass is 35.5. The molecular weight excluding hydrogens is 401 g/mol. The topological polar surface area (TPSA) is 73.9 Å². The van der Waals surface area contributed by atoms with Crippen LogP contribution in [0.4, 0.5) is 4.39 Å². The molecule has 162 valence electrons. The Morgan fingerprint density at radius 3 is 2.72 bits per heavy atom. The van der Waals surface area contributed by atoms with E-state index in [4.69, 9.17) is 14.2 Å². The maximum Gasteiger partial charge on any atom is 0.323 e. The van der Waals surface area contributed by atoms with Gasteiger partial charge in [-0.3, -0.25) is 9.59 Å². The van der Waals surface area contributed by atoms with E-state index in [1.165, 1.54) is 0 Å². The van der Waals surface area contributed by atoms with E-state index in [-0.39, 0.29) is 51.2 Å². The molecule has 0 saturated carbocycles. The number of carbonyl (C=O) groups is 2. The smallest absolute Gasteiger partial charge is 0.323 e. The highest BCUT2D eigenvalue weighted by Crippen LogP contribution is 2.25. The van der Waals surface area contributed by atoms with Crippen LogP contribution in [0.1, 0.15) is 31.7 Å². The Kier molecular flexibility index (Phi) is 11.5. The maximum absolute atomic E-state index is 14.8. The predicted octanol–water partition coefficient (Wildman–Crippen LogP) is 3.14. The van der Waals surface area contributed by atoms with E-state index >= 15 is 0 Å². The van der Waals surface area contributed by atoms with Crippen molar-refractivity contribution in [1.29, 1.82) is 0 Å². The largest absolute Gasteiger partial charge is 0.466 e. The van der Waals surface area contributed by atoms with E-state index in [2.05, 4.69) is 5.32 Å². The third-order valence-corrected chi connectivity index (χ3v) is 4.31. The standard InChI is InChI=1S/C21H28FNO5.ClH/c1-2-27-19(24)11-7-4-8-12-26-16-21(22)13-18(23-15-21)20(25)28-14-17-9-5-3-6-10-17;/h3-6,8-10,18,23H,2,7,11-16H2,1H3;1H/b8-4+;/t18-,21+;/m0./s1. The fourth-order valence-electron chi connectivity index (χ4n) is 2.85. The van der Waals surface area contributed by atoms with Crippen LogP contribution >= 0.6 is 12.4 Å². The second-order valence-corrected chi connectivity index (χ2v) is 6.71. The fourth-order valence-corrected chi connectivity index (χ4v) is 2.85. The highest BCUT2D eigenvalue weighted by Gasteiger charge is 2.43. The van der Waals surface area contributed by atoms with Crippen molar-refractivity contribution in [2.24, 2.45) is 0 Å². The van der Waals surface area contributed by atoms with Crippen LogP contribution in [0.3, 0.4) is 0 Å². The summed E-state index contributed by atoms with van der Waals surface area (Å²) < 4.78 is 30.2. The second kappa shape index (κ2) is 13.3. The number of halogens is 2. The molecule has 8 heteroatoms. The summed E-state index contributed by atoms with van der Waals surface area (Å²) in [5.74, 6) is -0.694. The molecule has 0 aliphatic carbocycles. The molecule has 0 aromatic heterocycles. The van der Waals surface area contributed by atoms with Crippen molar-refractivity contribution in [1.82, 2.24) is 5.32 Å². The van der Waals surface area contributed by atoms with Crippen molar-refractivity contribution < 1.29 is 28.2 Å². The van der Waals surface area contributed by atoms with Gasteiger partial charge in [-0.15, -0.1) is 12.4 Å². The summed E-state index contributed by atoms with van der Waals surface area (Å²) in [6.45, 7) is 2.50. The van der Waals surface area contributed by atoms with Crippen LogP contribution in [-0.2, 0) is 30.4 Å². The Morgan fingerprint density at radius 1 is 1.24 bits per heavy atom. The molecule has 0 unspecified atom stereocenters. The average molecular weight is 430 g/mol. The molecule has 6 nitrogen and oxygen atoms in total. The monoisotopic (exact) mass is 429 g/mol. The molecule has 0 amide bonds. The molecule has 1 saturated heterocycles. The van der Waals surface area contributed by atoms with Crippen LogP contribution in [0.25, 0.3) is 0 Å². The molecule has 1 N–H and O–H groups in total. The Morgan fingerprint density at radius 2 is 2.00 bits per heavy atom. The van der Waals surface area contributed by atoms with Crippen molar-refractivity contribution in [2.45, 2.75) is 44.5 Å². The van der Waals surface area contributed by atoms with Gasteiger partial charge in [-0.1, -0.05) is 42.5 Å². The minimum atomic E-state index is -1.60. The Bertz CT molecular complexity index is 658. The second-order valence-electron chi connectivity index (χ2n) is 6.71. The Labute approximate surface area is 177 Å². The van der Waals surface area contributed by atoms with Gasteiger partial charge in [0.05, 0.1) is 19.8 Å². The van der Waals surface area contributed by atoms with E-state index in [1.807, 2.05) is 30.3 Å². The molecule has 2 rings (SSSR count). The summed E-state index contributed by atoms with van der Waals surface area (Å²) in [6.07, 6.45) is 4.44. The van der Waals surface area contributed by atoms with Crippen LogP contribution in [0.2, 0.25) is 0 Å². The van der Waals surface area contributed by atoms with Crippen molar-refractivity contribution in [3.8, 4) is 0 Å². The summed E-state index contributed by atoms with van der Waals surface area (Å²) in [4.78, 5) is 23.3. The van der Waals surface area contributed by atoms with Gasteiger partial charge >= 0.3 is 11.9 Å². The zero-order chi connectivity index (χ0) is 20.2. The van der Waals surface area contributed by atoms with E-state index < -0.39 is 17.7 Å². The van der Waals surface area contributed by atoms with Gasteiger partial charge in [-0.05, 0) is 18.9 Å².